The molecule has 1 aliphatic heterocycles. The van der Waals surface area contributed by atoms with Crippen LogP contribution in [0.25, 0.3) is 21.8 Å². The third-order valence-electron chi connectivity index (χ3n) is 5.74. The van der Waals surface area contributed by atoms with Gasteiger partial charge in [-0.05, 0) is 29.7 Å². The standard InChI is InChI=1S/C23H22N4O2/c1-13(2)20-22(28)26-19(11-14-12-24-17-9-5-3-7-15(14)17)21-25-18-10-6-4-8-16(18)23(29)27(20)21/h3-10,12-13,19-20,24H,11H2,1-2H3,(H,26,28)/t19-,20+/m1/s1. The Kier molecular flexibility index (Phi) is 4.01. The normalized spacial score (nSPS) is 18.9. The molecule has 6 heteroatoms. The number of aromatic nitrogens is 3. The number of H-pyrrole nitrogens is 1. The highest BCUT2D eigenvalue weighted by Gasteiger charge is 2.37. The minimum atomic E-state index is -0.561. The van der Waals surface area contributed by atoms with Crippen molar-refractivity contribution in [3.63, 3.8) is 0 Å². The van der Waals surface area contributed by atoms with Crippen LogP contribution in [-0.2, 0) is 11.2 Å². The van der Waals surface area contributed by atoms with Crippen molar-refractivity contribution in [3.8, 4) is 0 Å². The largest absolute Gasteiger partial charge is 0.361 e. The molecule has 0 radical (unpaired) electrons. The summed E-state index contributed by atoms with van der Waals surface area (Å²) in [6.45, 7) is 3.91. The smallest absolute Gasteiger partial charge is 0.262 e. The van der Waals surface area contributed by atoms with Gasteiger partial charge in [0.15, 0.2) is 0 Å². The van der Waals surface area contributed by atoms with Crippen molar-refractivity contribution < 1.29 is 4.79 Å². The molecule has 0 bridgehead atoms. The molecular formula is C23H22N4O2. The van der Waals surface area contributed by atoms with Crippen molar-refractivity contribution >= 4 is 27.7 Å². The van der Waals surface area contributed by atoms with Gasteiger partial charge in [-0.1, -0.05) is 44.2 Å². The predicted molar refractivity (Wildman–Crippen MR) is 113 cm³/mol. The molecule has 1 aliphatic rings. The van der Waals surface area contributed by atoms with E-state index < -0.39 is 6.04 Å². The second-order valence-electron chi connectivity index (χ2n) is 7.98. The number of benzene rings is 2. The second-order valence-corrected chi connectivity index (χ2v) is 7.98. The van der Waals surface area contributed by atoms with Crippen LogP contribution in [0.4, 0.5) is 0 Å². The molecule has 0 spiro atoms. The lowest BCUT2D eigenvalue weighted by molar-refractivity contribution is -0.128. The number of hydrogen-bond donors (Lipinski definition) is 2. The van der Waals surface area contributed by atoms with Gasteiger partial charge in [-0.25, -0.2) is 4.98 Å². The average Bonchev–Trinajstić information content (AvgIpc) is 3.12. The average molecular weight is 386 g/mol. The van der Waals surface area contributed by atoms with Gasteiger partial charge < -0.3 is 10.3 Å². The fourth-order valence-electron chi connectivity index (χ4n) is 4.38. The van der Waals surface area contributed by atoms with Crippen LogP contribution in [0.3, 0.4) is 0 Å². The van der Waals surface area contributed by atoms with E-state index in [1.54, 1.807) is 10.6 Å². The van der Waals surface area contributed by atoms with Gasteiger partial charge in [0.25, 0.3) is 5.56 Å². The van der Waals surface area contributed by atoms with E-state index >= 15 is 0 Å². The first-order chi connectivity index (χ1) is 14.0. The van der Waals surface area contributed by atoms with E-state index in [1.165, 1.54) is 0 Å². The third kappa shape index (κ3) is 2.75. The minimum absolute atomic E-state index is 0.0246. The van der Waals surface area contributed by atoms with Gasteiger partial charge in [0.2, 0.25) is 5.91 Å². The molecule has 0 unspecified atom stereocenters. The second kappa shape index (κ2) is 6.58. The molecule has 2 N–H and O–H groups in total. The van der Waals surface area contributed by atoms with E-state index in [0.29, 0.717) is 23.1 Å². The Labute approximate surface area is 167 Å². The van der Waals surface area contributed by atoms with Gasteiger partial charge >= 0.3 is 0 Å². The Morgan fingerprint density at radius 1 is 1.03 bits per heavy atom. The van der Waals surface area contributed by atoms with Crippen LogP contribution in [0, 0.1) is 5.92 Å². The zero-order chi connectivity index (χ0) is 20.1. The molecule has 0 saturated carbocycles. The van der Waals surface area contributed by atoms with Gasteiger partial charge in [-0.3, -0.25) is 14.2 Å². The van der Waals surface area contributed by atoms with Crippen LogP contribution < -0.4 is 10.9 Å². The monoisotopic (exact) mass is 386 g/mol. The maximum Gasteiger partial charge on any atom is 0.262 e. The fourth-order valence-corrected chi connectivity index (χ4v) is 4.38. The number of carbonyl (C=O) groups is 1. The molecule has 2 aromatic heterocycles. The molecule has 2 aromatic carbocycles. The summed E-state index contributed by atoms with van der Waals surface area (Å²) in [6, 6.07) is 14.5. The zero-order valence-electron chi connectivity index (χ0n) is 16.3. The van der Waals surface area contributed by atoms with E-state index in [1.807, 2.05) is 56.4 Å². The molecule has 0 fully saturated rings. The third-order valence-corrected chi connectivity index (χ3v) is 5.74. The lowest BCUT2D eigenvalue weighted by Crippen LogP contribution is -2.50. The molecule has 5 rings (SSSR count). The molecular weight excluding hydrogens is 364 g/mol. The van der Waals surface area contributed by atoms with Crippen LogP contribution in [0.1, 0.15) is 37.3 Å². The van der Waals surface area contributed by atoms with E-state index in [9.17, 15) is 9.59 Å². The van der Waals surface area contributed by atoms with E-state index in [0.717, 1.165) is 16.5 Å². The summed E-state index contributed by atoms with van der Waals surface area (Å²) in [6.07, 6.45) is 2.53. The Hall–Kier alpha value is -3.41. The number of amides is 1. The summed E-state index contributed by atoms with van der Waals surface area (Å²) in [7, 11) is 0. The first kappa shape index (κ1) is 17.7. The van der Waals surface area contributed by atoms with Crippen molar-refractivity contribution in [1.82, 2.24) is 19.9 Å². The molecule has 146 valence electrons. The van der Waals surface area contributed by atoms with E-state index in [-0.39, 0.29) is 23.4 Å². The van der Waals surface area contributed by atoms with Crippen molar-refractivity contribution in [2.75, 3.05) is 0 Å². The number of para-hydroxylation sites is 2. The number of nitrogens with one attached hydrogen (secondary N) is 2. The molecule has 1 amide bonds. The van der Waals surface area contributed by atoms with Crippen molar-refractivity contribution in [3.05, 3.63) is 76.5 Å². The molecule has 0 aliphatic carbocycles. The Morgan fingerprint density at radius 2 is 1.76 bits per heavy atom. The predicted octanol–water partition coefficient (Wildman–Crippen LogP) is 3.49. The Bertz CT molecular complexity index is 1300. The quantitative estimate of drug-likeness (QED) is 0.566. The van der Waals surface area contributed by atoms with Gasteiger partial charge in [0, 0.05) is 23.5 Å². The SMILES string of the molecule is CC(C)[C@H]1C(=O)N[C@H](Cc2c[nH]c3ccccc23)c2nc3ccccc3c(=O)n21. The maximum atomic E-state index is 13.3. The van der Waals surface area contributed by atoms with Gasteiger partial charge in [-0.15, -0.1) is 0 Å². The number of aromatic amines is 1. The molecule has 3 heterocycles. The number of fused-ring (bicyclic) bond motifs is 3. The first-order valence-corrected chi connectivity index (χ1v) is 9.91. The number of rotatable bonds is 3. The number of hydrogen-bond acceptors (Lipinski definition) is 3. The summed E-state index contributed by atoms with van der Waals surface area (Å²) in [5.41, 5.74) is 2.64. The topological polar surface area (TPSA) is 79.8 Å². The lowest BCUT2D eigenvalue weighted by atomic mass is 9.96. The molecule has 29 heavy (non-hydrogen) atoms. The lowest BCUT2D eigenvalue weighted by Gasteiger charge is -2.34. The van der Waals surface area contributed by atoms with Crippen molar-refractivity contribution in [2.45, 2.75) is 32.4 Å². The van der Waals surface area contributed by atoms with E-state index in [2.05, 4.69) is 16.4 Å². The van der Waals surface area contributed by atoms with Gasteiger partial charge in [0.1, 0.15) is 11.9 Å². The molecule has 0 saturated heterocycles. The zero-order valence-corrected chi connectivity index (χ0v) is 16.3. The van der Waals surface area contributed by atoms with Crippen molar-refractivity contribution in [1.29, 1.82) is 0 Å². The van der Waals surface area contributed by atoms with Crippen LogP contribution >= 0.6 is 0 Å². The molecule has 2 atom stereocenters. The number of carbonyl (C=O) groups excluding carboxylic acids is 1. The first-order valence-electron chi connectivity index (χ1n) is 9.91. The highest BCUT2D eigenvalue weighted by Crippen LogP contribution is 2.31. The van der Waals surface area contributed by atoms with Crippen LogP contribution in [0.2, 0.25) is 0 Å². The summed E-state index contributed by atoms with van der Waals surface area (Å²) in [5.74, 6) is 0.470. The summed E-state index contributed by atoms with van der Waals surface area (Å²) in [5, 5.41) is 4.78. The number of nitrogens with zero attached hydrogens (tertiary/aromatic N) is 2. The van der Waals surface area contributed by atoms with Crippen LogP contribution in [-0.4, -0.2) is 20.4 Å². The summed E-state index contributed by atoms with van der Waals surface area (Å²) < 4.78 is 1.62. The highest BCUT2D eigenvalue weighted by molar-refractivity contribution is 5.85. The summed E-state index contributed by atoms with van der Waals surface area (Å²) >= 11 is 0. The minimum Gasteiger partial charge on any atom is -0.361 e. The van der Waals surface area contributed by atoms with E-state index in [4.69, 9.17) is 4.98 Å². The Morgan fingerprint density at radius 3 is 2.55 bits per heavy atom. The van der Waals surface area contributed by atoms with Crippen molar-refractivity contribution in [2.24, 2.45) is 5.92 Å². The Balaban J connectivity index is 1.70. The van der Waals surface area contributed by atoms with Crippen LogP contribution in [0.5, 0.6) is 0 Å². The summed E-state index contributed by atoms with van der Waals surface area (Å²) in [4.78, 5) is 34.4. The van der Waals surface area contributed by atoms with Gasteiger partial charge in [0.05, 0.1) is 16.9 Å². The van der Waals surface area contributed by atoms with Crippen LogP contribution in [0.15, 0.2) is 59.5 Å². The van der Waals surface area contributed by atoms with Gasteiger partial charge in [-0.2, -0.15) is 0 Å². The maximum absolute atomic E-state index is 13.3. The fraction of sp³-hybridized carbons (Fsp3) is 0.261. The highest BCUT2D eigenvalue weighted by atomic mass is 16.2. The molecule has 4 aromatic rings. The molecule has 6 nitrogen and oxygen atoms in total.